The second-order valence-corrected chi connectivity index (χ2v) is 4.68. The normalized spacial score (nSPS) is 10.3. The summed E-state index contributed by atoms with van der Waals surface area (Å²) < 4.78 is 12.9. The molecule has 0 unspecified atom stereocenters. The van der Waals surface area contributed by atoms with E-state index < -0.39 is 5.97 Å². The van der Waals surface area contributed by atoms with Crippen LogP contribution < -0.4 is 0 Å². The third kappa shape index (κ3) is 3.30. The van der Waals surface area contributed by atoms with Gasteiger partial charge in [-0.15, -0.1) is 11.8 Å². The van der Waals surface area contributed by atoms with E-state index in [-0.39, 0.29) is 11.4 Å². The molecule has 0 saturated heterocycles. The zero-order valence-electron chi connectivity index (χ0n) is 9.34. The molecule has 18 heavy (non-hydrogen) atoms. The van der Waals surface area contributed by atoms with Crippen molar-refractivity contribution in [1.29, 1.82) is 0 Å². The molecule has 0 radical (unpaired) electrons. The highest BCUT2D eigenvalue weighted by Gasteiger charge is 2.04. The Morgan fingerprint density at radius 1 is 1.33 bits per heavy atom. The molecular formula is C13H10FNO2S. The maximum Gasteiger partial charge on any atom is 0.335 e. The van der Waals surface area contributed by atoms with Gasteiger partial charge in [0.2, 0.25) is 0 Å². The Balaban J connectivity index is 2.06. The number of thioether (sulfide) groups is 1. The highest BCUT2D eigenvalue weighted by molar-refractivity contribution is 7.98. The average molecular weight is 263 g/mol. The molecule has 1 aromatic carbocycles. The van der Waals surface area contributed by atoms with Crippen LogP contribution in [0.2, 0.25) is 0 Å². The Labute approximate surface area is 108 Å². The summed E-state index contributed by atoms with van der Waals surface area (Å²) in [6.07, 6.45) is 2.75. The first-order chi connectivity index (χ1) is 8.65. The molecule has 0 aliphatic heterocycles. The molecule has 0 fully saturated rings. The standard InChI is InChI=1S/C13H10FNO2S/c14-11-4-9(6-15-7-11)8-18-12-3-1-2-10(5-12)13(16)17/h1-7H,8H2,(H,16,17). The maximum absolute atomic E-state index is 12.9. The van der Waals surface area contributed by atoms with Crippen LogP contribution in [0, 0.1) is 5.82 Å². The summed E-state index contributed by atoms with van der Waals surface area (Å²) in [4.78, 5) is 15.4. The minimum atomic E-state index is -0.954. The summed E-state index contributed by atoms with van der Waals surface area (Å²) in [5.41, 5.74) is 1.01. The molecule has 1 heterocycles. The first kappa shape index (κ1) is 12.6. The van der Waals surface area contributed by atoms with Crippen molar-refractivity contribution in [3.63, 3.8) is 0 Å². The first-order valence-electron chi connectivity index (χ1n) is 5.21. The van der Waals surface area contributed by atoms with Gasteiger partial charge in [-0.05, 0) is 29.8 Å². The lowest BCUT2D eigenvalue weighted by Crippen LogP contribution is -1.95. The van der Waals surface area contributed by atoms with Crippen LogP contribution in [0.3, 0.4) is 0 Å². The largest absolute Gasteiger partial charge is 0.478 e. The van der Waals surface area contributed by atoms with Crippen LogP contribution in [0.5, 0.6) is 0 Å². The van der Waals surface area contributed by atoms with Crippen LogP contribution in [0.4, 0.5) is 4.39 Å². The Bertz CT molecular complexity index is 574. The number of hydrogen-bond acceptors (Lipinski definition) is 3. The van der Waals surface area contributed by atoms with Gasteiger partial charge < -0.3 is 5.11 Å². The lowest BCUT2D eigenvalue weighted by molar-refractivity contribution is 0.0696. The number of pyridine rings is 1. The number of carboxylic acids is 1. The SMILES string of the molecule is O=C(O)c1cccc(SCc2cncc(F)c2)c1. The van der Waals surface area contributed by atoms with E-state index in [4.69, 9.17) is 5.11 Å². The van der Waals surface area contributed by atoms with E-state index in [0.29, 0.717) is 5.75 Å². The molecule has 1 aromatic heterocycles. The first-order valence-corrected chi connectivity index (χ1v) is 6.19. The number of aromatic carboxylic acids is 1. The smallest absolute Gasteiger partial charge is 0.335 e. The molecule has 5 heteroatoms. The molecule has 0 spiro atoms. The molecule has 2 rings (SSSR count). The molecule has 0 amide bonds. The third-order valence-corrected chi connectivity index (χ3v) is 3.31. The second-order valence-electron chi connectivity index (χ2n) is 3.63. The zero-order chi connectivity index (χ0) is 13.0. The number of nitrogens with zero attached hydrogens (tertiary/aromatic N) is 1. The van der Waals surface area contributed by atoms with E-state index in [0.717, 1.165) is 16.7 Å². The van der Waals surface area contributed by atoms with E-state index in [1.165, 1.54) is 23.9 Å². The second kappa shape index (κ2) is 5.64. The van der Waals surface area contributed by atoms with Crippen molar-refractivity contribution < 1.29 is 14.3 Å². The van der Waals surface area contributed by atoms with E-state index in [1.807, 2.05) is 6.07 Å². The maximum atomic E-state index is 12.9. The van der Waals surface area contributed by atoms with Gasteiger partial charge in [0.1, 0.15) is 5.82 Å². The minimum Gasteiger partial charge on any atom is -0.478 e. The quantitative estimate of drug-likeness (QED) is 0.860. The number of carbonyl (C=O) groups is 1. The molecule has 92 valence electrons. The van der Waals surface area contributed by atoms with Crippen LogP contribution in [-0.2, 0) is 5.75 Å². The number of rotatable bonds is 4. The number of carboxylic acid groups (broad SMARTS) is 1. The molecule has 0 atom stereocenters. The molecule has 1 N–H and O–H groups in total. The molecular weight excluding hydrogens is 253 g/mol. The van der Waals surface area contributed by atoms with Crippen LogP contribution in [0.1, 0.15) is 15.9 Å². The molecule has 0 bridgehead atoms. The van der Waals surface area contributed by atoms with Crippen molar-refractivity contribution in [1.82, 2.24) is 4.98 Å². The Morgan fingerprint density at radius 3 is 2.89 bits per heavy atom. The minimum absolute atomic E-state index is 0.248. The van der Waals surface area contributed by atoms with Crippen molar-refractivity contribution in [3.8, 4) is 0 Å². The lowest BCUT2D eigenvalue weighted by atomic mass is 10.2. The zero-order valence-corrected chi connectivity index (χ0v) is 10.2. The molecule has 0 saturated carbocycles. The van der Waals surface area contributed by atoms with Crippen molar-refractivity contribution >= 4 is 17.7 Å². The summed E-state index contributed by atoms with van der Waals surface area (Å²) in [7, 11) is 0. The summed E-state index contributed by atoms with van der Waals surface area (Å²) in [5, 5.41) is 8.86. The number of aromatic nitrogens is 1. The van der Waals surface area contributed by atoms with Gasteiger partial charge in [0, 0.05) is 16.8 Å². The molecule has 0 aliphatic carbocycles. The van der Waals surface area contributed by atoms with E-state index in [9.17, 15) is 9.18 Å². The third-order valence-electron chi connectivity index (χ3n) is 2.25. The predicted octanol–water partition coefficient (Wildman–Crippen LogP) is 3.21. The van der Waals surface area contributed by atoms with Crippen molar-refractivity contribution in [2.45, 2.75) is 10.6 Å². The molecule has 0 aliphatic rings. The van der Waals surface area contributed by atoms with Crippen LogP contribution >= 0.6 is 11.8 Å². The van der Waals surface area contributed by atoms with Gasteiger partial charge in [-0.1, -0.05) is 6.07 Å². The Morgan fingerprint density at radius 2 is 2.17 bits per heavy atom. The number of hydrogen-bond donors (Lipinski definition) is 1. The van der Waals surface area contributed by atoms with E-state index in [1.54, 1.807) is 18.3 Å². The van der Waals surface area contributed by atoms with Crippen LogP contribution in [0.15, 0.2) is 47.6 Å². The summed E-state index contributed by atoms with van der Waals surface area (Å²) >= 11 is 1.44. The van der Waals surface area contributed by atoms with Gasteiger partial charge >= 0.3 is 5.97 Å². The monoisotopic (exact) mass is 263 g/mol. The highest BCUT2D eigenvalue weighted by Crippen LogP contribution is 2.23. The summed E-state index contributed by atoms with van der Waals surface area (Å²) in [5.74, 6) is -0.773. The molecule has 3 nitrogen and oxygen atoms in total. The van der Waals surface area contributed by atoms with Crippen molar-refractivity contribution in [2.75, 3.05) is 0 Å². The lowest BCUT2D eigenvalue weighted by Gasteiger charge is -2.03. The van der Waals surface area contributed by atoms with Gasteiger partial charge in [-0.2, -0.15) is 0 Å². The average Bonchev–Trinajstić information content (AvgIpc) is 2.37. The van der Waals surface area contributed by atoms with Crippen LogP contribution in [0.25, 0.3) is 0 Å². The fourth-order valence-corrected chi connectivity index (χ4v) is 2.30. The fourth-order valence-electron chi connectivity index (χ4n) is 1.42. The number of benzene rings is 1. The number of halogens is 1. The molecule has 2 aromatic rings. The fraction of sp³-hybridized carbons (Fsp3) is 0.0769. The van der Waals surface area contributed by atoms with Crippen molar-refractivity contribution in [3.05, 3.63) is 59.7 Å². The van der Waals surface area contributed by atoms with Gasteiger partial charge in [0.05, 0.1) is 11.8 Å². The van der Waals surface area contributed by atoms with Gasteiger partial charge in [0.15, 0.2) is 0 Å². The predicted molar refractivity (Wildman–Crippen MR) is 67.2 cm³/mol. The van der Waals surface area contributed by atoms with Gasteiger partial charge in [-0.3, -0.25) is 4.98 Å². The van der Waals surface area contributed by atoms with Crippen LogP contribution in [-0.4, -0.2) is 16.1 Å². The van der Waals surface area contributed by atoms with Gasteiger partial charge in [0.25, 0.3) is 0 Å². The Hall–Kier alpha value is -1.88. The van der Waals surface area contributed by atoms with E-state index >= 15 is 0 Å². The summed E-state index contributed by atoms with van der Waals surface area (Å²) in [6.45, 7) is 0. The van der Waals surface area contributed by atoms with Gasteiger partial charge in [-0.25, -0.2) is 9.18 Å². The Kier molecular flexibility index (Phi) is 3.94. The summed E-state index contributed by atoms with van der Waals surface area (Å²) in [6, 6.07) is 8.07. The van der Waals surface area contributed by atoms with E-state index in [2.05, 4.69) is 4.98 Å². The highest BCUT2D eigenvalue weighted by atomic mass is 32.2. The topological polar surface area (TPSA) is 50.2 Å². The van der Waals surface area contributed by atoms with Crippen molar-refractivity contribution in [2.24, 2.45) is 0 Å².